The number of hydrogen-bond donors (Lipinski definition) is 3. The number of Topliss-reactive ketones (excluding diaryl/α,β-unsaturated/α-hetero) is 1. The van der Waals surface area contributed by atoms with E-state index in [1.54, 1.807) is 36.4 Å². The van der Waals surface area contributed by atoms with Gasteiger partial charge in [-0.2, -0.15) is 0 Å². The van der Waals surface area contributed by atoms with Crippen LogP contribution in [0.5, 0.6) is 0 Å². The number of carbonyl (C=O) groups is 3. The van der Waals surface area contributed by atoms with E-state index in [2.05, 4.69) is 10.6 Å². The number of ketones is 1. The number of hydrogen-bond acceptors (Lipinski definition) is 4. The summed E-state index contributed by atoms with van der Waals surface area (Å²) >= 11 is 0. The van der Waals surface area contributed by atoms with Gasteiger partial charge in [-0.15, -0.1) is 0 Å². The Balaban J connectivity index is 1.63. The Morgan fingerprint density at radius 2 is 1.59 bits per heavy atom. The molecule has 0 aliphatic rings. The van der Waals surface area contributed by atoms with Crippen LogP contribution in [0.15, 0.2) is 54.6 Å². The molecular weight excluding hydrogens is 344 g/mol. The van der Waals surface area contributed by atoms with Crippen molar-refractivity contribution in [3.05, 3.63) is 65.7 Å². The second kappa shape index (κ2) is 10.9. The minimum Gasteiger partial charge on any atom is -0.389 e. The quantitative estimate of drug-likeness (QED) is 0.561. The van der Waals surface area contributed by atoms with Crippen molar-refractivity contribution >= 4 is 23.3 Å². The zero-order valence-corrected chi connectivity index (χ0v) is 15.1. The molecule has 2 aromatic rings. The zero-order valence-electron chi connectivity index (χ0n) is 15.1. The Labute approximate surface area is 158 Å². The average molecular weight is 368 g/mol. The normalized spacial score (nSPS) is 10.3. The number of aliphatic hydroxyl groups is 1. The van der Waals surface area contributed by atoms with Crippen LogP contribution in [0.3, 0.4) is 0 Å². The minimum absolute atomic E-state index is 0.0939. The molecule has 0 aromatic heterocycles. The third-order valence-corrected chi connectivity index (χ3v) is 3.97. The van der Waals surface area contributed by atoms with Crippen molar-refractivity contribution in [3.8, 4) is 0 Å². The van der Waals surface area contributed by atoms with E-state index in [-0.39, 0.29) is 24.0 Å². The van der Waals surface area contributed by atoms with Crippen molar-refractivity contribution in [2.24, 2.45) is 0 Å². The molecule has 142 valence electrons. The number of nitrogens with one attached hydrogen (secondary N) is 2. The molecule has 0 spiro atoms. The van der Waals surface area contributed by atoms with E-state index in [1.165, 1.54) is 0 Å². The Bertz CT molecular complexity index is 758. The maximum Gasteiger partial charge on any atom is 0.251 e. The van der Waals surface area contributed by atoms with E-state index in [4.69, 9.17) is 5.11 Å². The molecule has 0 radical (unpaired) electrons. The molecule has 0 heterocycles. The highest BCUT2D eigenvalue weighted by molar-refractivity contribution is 5.94. The largest absolute Gasteiger partial charge is 0.389 e. The Morgan fingerprint density at radius 3 is 2.26 bits per heavy atom. The molecule has 2 aromatic carbocycles. The van der Waals surface area contributed by atoms with Gasteiger partial charge in [0.1, 0.15) is 6.61 Å². The van der Waals surface area contributed by atoms with Gasteiger partial charge >= 0.3 is 0 Å². The van der Waals surface area contributed by atoms with E-state index >= 15 is 0 Å². The van der Waals surface area contributed by atoms with Crippen LogP contribution in [0, 0.1) is 0 Å². The first kappa shape index (κ1) is 20.3. The van der Waals surface area contributed by atoms with E-state index in [0.29, 0.717) is 37.1 Å². The van der Waals surface area contributed by atoms with Crippen molar-refractivity contribution < 1.29 is 19.5 Å². The van der Waals surface area contributed by atoms with Crippen molar-refractivity contribution in [1.82, 2.24) is 5.32 Å². The highest BCUT2D eigenvalue weighted by Gasteiger charge is 2.06. The third kappa shape index (κ3) is 7.42. The van der Waals surface area contributed by atoms with Crippen LogP contribution in [0.1, 0.15) is 35.2 Å². The fourth-order valence-electron chi connectivity index (χ4n) is 2.52. The molecule has 6 nitrogen and oxygen atoms in total. The summed E-state index contributed by atoms with van der Waals surface area (Å²) in [5, 5.41) is 14.4. The number of aliphatic hydroxyl groups excluding tert-OH is 1. The third-order valence-electron chi connectivity index (χ3n) is 3.97. The Morgan fingerprint density at radius 1 is 0.889 bits per heavy atom. The lowest BCUT2D eigenvalue weighted by Gasteiger charge is -2.07. The minimum atomic E-state index is -0.468. The molecule has 2 amide bonds. The summed E-state index contributed by atoms with van der Waals surface area (Å²) in [6.45, 7) is 0.0544. The lowest BCUT2D eigenvalue weighted by molar-refractivity contribution is -0.121. The predicted molar refractivity (Wildman–Crippen MR) is 103 cm³/mol. The average Bonchev–Trinajstić information content (AvgIpc) is 2.69. The van der Waals surface area contributed by atoms with Gasteiger partial charge in [-0.3, -0.25) is 14.4 Å². The molecule has 0 saturated carbocycles. The molecule has 0 fully saturated rings. The van der Waals surface area contributed by atoms with Gasteiger partial charge in [-0.05, 0) is 42.7 Å². The molecule has 0 aliphatic heterocycles. The second-order valence-electron chi connectivity index (χ2n) is 6.20. The van der Waals surface area contributed by atoms with Gasteiger partial charge in [0, 0.05) is 30.6 Å². The highest BCUT2D eigenvalue weighted by atomic mass is 16.3. The molecule has 27 heavy (non-hydrogen) atoms. The lowest BCUT2D eigenvalue weighted by atomic mass is 10.1. The maximum absolute atomic E-state index is 12.0. The van der Waals surface area contributed by atoms with E-state index < -0.39 is 6.61 Å². The molecule has 6 heteroatoms. The van der Waals surface area contributed by atoms with Gasteiger partial charge < -0.3 is 15.7 Å². The summed E-state index contributed by atoms with van der Waals surface area (Å²) < 4.78 is 0. The van der Waals surface area contributed by atoms with Crippen molar-refractivity contribution in [3.63, 3.8) is 0 Å². The number of rotatable bonds is 10. The SMILES string of the molecule is O=C(CO)Cc1ccc(NC(=O)CCCCNC(=O)c2ccccc2)cc1. The van der Waals surface area contributed by atoms with Crippen LogP contribution in [-0.4, -0.2) is 35.9 Å². The molecule has 0 unspecified atom stereocenters. The molecule has 2 rings (SSSR count). The second-order valence-corrected chi connectivity index (χ2v) is 6.20. The predicted octanol–water partition coefficient (Wildman–Crippen LogP) is 2.33. The molecule has 0 bridgehead atoms. The molecule has 0 atom stereocenters. The standard InChI is InChI=1S/C21H24N2O4/c24-15-19(25)14-16-9-11-18(12-10-16)23-20(26)8-4-5-13-22-21(27)17-6-2-1-3-7-17/h1-3,6-7,9-12,24H,4-5,8,13-15H2,(H,22,27)(H,23,26). The summed E-state index contributed by atoms with van der Waals surface area (Å²) in [6, 6.07) is 16.0. The van der Waals surface area contributed by atoms with Crippen molar-refractivity contribution in [2.75, 3.05) is 18.5 Å². The summed E-state index contributed by atoms with van der Waals surface area (Å²) in [6.07, 6.45) is 1.93. The van der Waals surface area contributed by atoms with Crippen LogP contribution < -0.4 is 10.6 Å². The Kier molecular flexibility index (Phi) is 8.19. The van der Waals surface area contributed by atoms with Gasteiger partial charge in [-0.1, -0.05) is 30.3 Å². The fourth-order valence-corrected chi connectivity index (χ4v) is 2.52. The molecule has 0 aliphatic carbocycles. The van der Waals surface area contributed by atoms with Crippen LogP contribution in [-0.2, 0) is 16.0 Å². The monoisotopic (exact) mass is 368 g/mol. The number of anilines is 1. The van der Waals surface area contributed by atoms with Gasteiger partial charge in [-0.25, -0.2) is 0 Å². The molecule has 3 N–H and O–H groups in total. The summed E-state index contributed by atoms with van der Waals surface area (Å²) in [5.41, 5.74) is 2.08. The van der Waals surface area contributed by atoms with Gasteiger partial charge in [0.25, 0.3) is 5.91 Å². The molecular formula is C21H24N2O4. The smallest absolute Gasteiger partial charge is 0.251 e. The maximum atomic E-state index is 12.0. The van der Waals surface area contributed by atoms with Crippen LogP contribution in [0.25, 0.3) is 0 Å². The number of carbonyl (C=O) groups excluding carboxylic acids is 3. The topological polar surface area (TPSA) is 95.5 Å². The summed E-state index contributed by atoms with van der Waals surface area (Å²) in [5.74, 6) is -0.450. The highest BCUT2D eigenvalue weighted by Crippen LogP contribution is 2.11. The van der Waals surface area contributed by atoms with Gasteiger partial charge in [0.15, 0.2) is 5.78 Å². The summed E-state index contributed by atoms with van der Waals surface area (Å²) in [4.78, 5) is 35.0. The number of amides is 2. The summed E-state index contributed by atoms with van der Waals surface area (Å²) in [7, 11) is 0. The fraction of sp³-hybridized carbons (Fsp3) is 0.286. The number of unbranched alkanes of at least 4 members (excludes halogenated alkanes) is 1. The van der Waals surface area contributed by atoms with Crippen LogP contribution in [0.2, 0.25) is 0 Å². The Hall–Kier alpha value is -2.99. The first-order valence-corrected chi connectivity index (χ1v) is 8.93. The van der Waals surface area contributed by atoms with Crippen molar-refractivity contribution in [1.29, 1.82) is 0 Å². The van der Waals surface area contributed by atoms with E-state index in [0.717, 1.165) is 5.56 Å². The first-order valence-electron chi connectivity index (χ1n) is 8.93. The number of benzene rings is 2. The van der Waals surface area contributed by atoms with Crippen LogP contribution >= 0.6 is 0 Å². The molecule has 0 saturated heterocycles. The van der Waals surface area contributed by atoms with Crippen LogP contribution in [0.4, 0.5) is 5.69 Å². The van der Waals surface area contributed by atoms with E-state index in [1.807, 2.05) is 18.2 Å². The zero-order chi connectivity index (χ0) is 19.5. The van der Waals surface area contributed by atoms with Gasteiger partial charge in [0.2, 0.25) is 5.91 Å². The van der Waals surface area contributed by atoms with Gasteiger partial charge in [0.05, 0.1) is 0 Å². The van der Waals surface area contributed by atoms with E-state index in [9.17, 15) is 14.4 Å². The first-order chi connectivity index (χ1) is 13.1. The van der Waals surface area contributed by atoms with Crippen molar-refractivity contribution in [2.45, 2.75) is 25.7 Å². The lowest BCUT2D eigenvalue weighted by Crippen LogP contribution is -2.24.